The van der Waals surface area contributed by atoms with Gasteiger partial charge in [-0.05, 0) is 54.1 Å². The fourth-order valence-electron chi connectivity index (χ4n) is 2.93. The molecule has 4 aromatic rings. The average molecular weight is 493 g/mol. The van der Waals surface area contributed by atoms with E-state index in [0.717, 1.165) is 11.3 Å². The second-order valence-electron chi connectivity index (χ2n) is 6.86. The Morgan fingerprint density at radius 3 is 2.41 bits per heavy atom. The molecule has 0 saturated carbocycles. The van der Waals surface area contributed by atoms with Crippen molar-refractivity contribution in [3.8, 4) is 17.1 Å². The molecule has 2 N–H and O–H groups in total. The van der Waals surface area contributed by atoms with Gasteiger partial charge in [0.1, 0.15) is 0 Å². The smallest absolute Gasteiger partial charge is 0.335 e. The SMILES string of the molecule is O=C(CSc1nnc(-c2ccncc2)n1-c1ccc(Cl)cc1)N/N=C\c1ccc(C(=O)O)cc1. The van der Waals surface area contributed by atoms with Crippen molar-refractivity contribution in [2.45, 2.75) is 5.16 Å². The van der Waals surface area contributed by atoms with Gasteiger partial charge in [0.2, 0.25) is 0 Å². The van der Waals surface area contributed by atoms with Gasteiger partial charge in [0, 0.05) is 28.7 Å². The molecule has 0 saturated heterocycles. The van der Waals surface area contributed by atoms with Crippen LogP contribution >= 0.6 is 23.4 Å². The van der Waals surface area contributed by atoms with Gasteiger partial charge in [-0.3, -0.25) is 14.3 Å². The minimum atomic E-state index is -1.01. The van der Waals surface area contributed by atoms with Crippen molar-refractivity contribution >= 4 is 41.5 Å². The first-order valence-electron chi connectivity index (χ1n) is 9.91. The fraction of sp³-hybridized carbons (Fsp3) is 0.0435. The molecule has 9 nitrogen and oxygen atoms in total. The van der Waals surface area contributed by atoms with Crippen molar-refractivity contribution < 1.29 is 14.7 Å². The molecule has 4 rings (SSSR count). The van der Waals surface area contributed by atoms with Crippen molar-refractivity contribution in [2.75, 3.05) is 5.75 Å². The third kappa shape index (κ3) is 5.66. The Balaban J connectivity index is 1.46. The standard InChI is InChI=1S/C23H17ClN6O3S/c24-18-5-7-19(8-6-18)30-21(16-9-11-25-12-10-16)28-29-23(30)34-14-20(31)27-26-13-15-1-3-17(4-2-15)22(32)33/h1-13H,14H2,(H,27,31)(H,32,33)/b26-13-. The Kier molecular flexibility index (Phi) is 7.31. The molecule has 2 aromatic heterocycles. The van der Waals surface area contributed by atoms with E-state index in [1.54, 1.807) is 36.7 Å². The van der Waals surface area contributed by atoms with Gasteiger partial charge >= 0.3 is 5.97 Å². The van der Waals surface area contributed by atoms with E-state index in [9.17, 15) is 9.59 Å². The molecule has 0 unspecified atom stereocenters. The number of hydrogen-bond acceptors (Lipinski definition) is 7. The van der Waals surface area contributed by atoms with Gasteiger partial charge in [0.25, 0.3) is 5.91 Å². The first-order chi connectivity index (χ1) is 16.5. The number of nitrogens with one attached hydrogen (secondary N) is 1. The fourth-order valence-corrected chi connectivity index (χ4v) is 3.80. The number of pyridine rings is 1. The van der Waals surface area contributed by atoms with Crippen molar-refractivity contribution in [1.82, 2.24) is 25.2 Å². The lowest BCUT2D eigenvalue weighted by Gasteiger charge is -2.10. The molecule has 0 spiro atoms. The van der Waals surface area contributed by atoms with Gasteiger partial charge in [0.15, 0.2) is 11.0 Å². The van der Waals surface area contributed by atoms with Crippen LogP contribution in [0.5, 0.6) is 0 Å². The van der Waals surface area contributed by atoms with Gasteiger partial charge in [-0.1, -0.05) is 35.5 Å². The summed E-state index contributed by atoms with van der Waals surface area (Å²) in [6.45, 7) is 0. The molecule has 2 aromatic carbocycles. The number of aromatic carboxylic acids is 1. The van der Waals surface area contributed by atoms with Gasteiger partial charge in [-0.25, -0.2) is 10.2 Å². The predicted octanol–water partition coefficient (Wildman–Crippen LogP) is 3.92. The number of rotatable bonds is 8. The summed E-state index contributed by atoms with van der Waals surface area (Å²) in [6.07, 6.45) is 4.78. The van der Waals surface area contributed by atoms with E-state index in [0.29, 0.717) is 21.6 Å². The Labute approximate surface area is 203 Å². The van der Waals surface area contributed by atoms with Crippen molar-refractivity contribution in [2.24, 2.45) is 5.10 Å². The average Bonchev–Trinajstić information content (AvgIpc) is 3.28. The van der Waals surface area contributed by atoms with E-state index in [1.165, 1.54) is 30.1 Å². The number of nitrogens with zero attached hydrogens (tertiary/aromatic N) is 5. The monoisotopic (exact) mass is 492 g/mol. The molecule has 0 bridgehead atoms. The van der Waals surface area contributed by atoms with Crippen LogP contribution in [0.2, 0.25) is 5.02 Å². The lowest BCUT2D eigenvalue weighted by atomic mass is 10.1. The largest absolute Gasteiger partial charge is 0.478 e. The molecule has 2 heterocycles. The normalized spacial score (nSPS) is 11.0. The molecule has 11 heteroatoms. The maximum atomic E-state index is 12.3. The Morgan fingerprint density at radius 2 is 1.74 bits per heavy atom. The number of carboxylic acids is 1. The highest BCUT2D eigenvalue weighted by Crippen LogP contribution is 2.28. The molecule has 0 atom stereocenters. The van der Waals surface area contributed by atoms with Crippen LogP contribution in [0.15, 0.2) is 83.3 Å². The highest BCUT2D eigenvalue weighted by atomic mass is 35.5. The van der Waals surface area contributed by atoms with Crippen LogP contribution in [0.25, 0.3) is 17.1 Å². The van der Waals surface area contributed by atoms with E-state index in [2.05, 4.69) is 25.7 Å². The number of carbonyl (C=O) groups is 2. The second-order valence-corrected chi connectivity index (χ2v) is 8.24. The van der Waals surface area contributed by atoms with Gasteiger partial charge in [0.05, 0.1) is 17.5 Å². The summed E-state index contributed by atoms with van der Waals surface area (Å²) < 4.78 is 1.84. The van der Waals surface area contributed by atoms with Gasteiger partial charge in [-0.2, -0.15) is 5.10 Å². The van der Waals surface area contributed by atoms with E-state index in [-0.39, 0.29) is 17.2 Å². The summed E-state index contributed by atoms with van der Waals surface area (Å²) in [6, 6.07) is 17.0. The Bertz CT molecular complexity index is 1330. The summed E-state index contributed by atoms with van der Waals surface area (Å²) >= 11 is 7.25. The number of carbonyl (C=O) groups excluding carboxylic acids is 1. The first kappa shape index (κ1) is 23.1. The minimum Gasteiger partial charge on any atom is -0.478 e. The number of halogens is 1. The van der Waals surface area contributed by atoms with Crippen molar-refractivity contribution in [3.63, 3.8) is 0 Å². The van der Waals surface area contributed by atoms with Crippen LogP contribution in [0.1, 0.15) is 15.9 Å². The number of hydrazone groups is 1. The summed E-state index contributed by atoms with van der Waals surface area (Å²) in [7, 11) is 0. The molecule has 0 fully saturated rings. The molecule has 34 heavy (non-hydrogen) atoms. The van der Waals surface area contributed by atoms with Crippen molar-refractivity contribution in [3.05, 3.63) is 89.2 Å². The molecule has 0 aliphatic heterocycles. The third-order valence-electron chi connectivity index (χ3n) is 4.55. The van der Waals surface area contributed by atoms with E-state index in [1.807, 2.05) is 28.8 Å². The summed E-state index contributed by atoms with van der Waals surface area (Å²) in [5, 5.41) is 22.6. The van der Waals surface area contributed by atoms with Gasteiger partial charge < -0.3 is 5.11 Å². The quantitative estimate of drug-likeness (QED) is 0.217. The maximum Gasteiger partial charge on any atom is 0.335 e. The molecular weight excluding hydrogens is 476 g/mol. The lowest BCUT2D eigenvalue weighted by molar-refractivity contribution is -0.118. The number of hydrogen-bond donors (Lipinski definition) is 2. The first-order valence-corrected chi connectivity index (χ1v) is 11.3. The maximum absolute atomic E-state index is 12.3. The van der Waals surface area contributed by atoms with E-state index < -0.39 is 5.97 Å². The zero-order valence-corrected chi connectivity index (χ0v) is 19.1. The zero-order valence-electron chi connectivity index (χ0n) is 17.5. The number of thioether (sulfide) groups is 1. The van der Waals surface area contributed by atoms with Crippen LogP contribution in [-0.4, -0.2) is 48.7 Å². The number of benzene rings is 2. The Hall–Kier alpha value is -4.02. The number of carboxylic acid groups (broad SMARTS) is 1. The summed E-state index contributed by atoms with van der Waals surface area (Å²) in [4.78, 5) is 27.3. The van der Waals surface area contributed by atoms with Crippen molar-refractivity contribution in [1.29, 1.82) is 0 Å². The van der Waals surface area contributed by atoms with Crippen LogP contribution < -0.4 is 5.43 Å². The molecule has 1 amide bonds. The topological polar surface area (TPSA) is 122 Å². The lowest BCUT2D eigenvalue weighted by Crippen LogP contribution is -2.20. The number of aromatic nitrogens is 4. The highest BCUT2D eigenvalue weighted by molar-refractivity contribution is 7.99. The molecular formula is C23H17ClN6O3S. The predicted molar refractivity (Wildman–Crippen MR) is 129 cm³/mol. The van der Waals surface area contributed by atoms with Crippen LogP contribution in [-0.2, 0) is 4.79 Å². The van der Waals surface area contributed by atoms with Crippen LogP contribution in [0.3, 0.4) is 0 Å². The molecule has 0 radical (unpaired) electrons. The summed E-state index contributed by atoms with van der Waals surface area (Å²) in [5.74, 6) is -0.681. The molecule has 0 aliphatic rings. The van der Waals surface area contributed by atoms with Crippen LogP contribution in [0, 0.1) is 0 Å². The van der Waals surface area contributed by atoms with E-state index in [4.69, 9.17) is 16.7 Å². The third-order valence-corrected chi connectivity index (χ3v) is 5.73. The minimum absolute atomic E-state index is 0.0529. The van der Waals surface area contributed by atoms with Gasteiger partial charge in [-0.15, -0.1) is 10.2 Å². The Morgan fingerprint density at radius 1 is 1.03 bits per heavy atom. The van der Waals surface area contributed by atoms with Crippen LogP contribution in [0.4, 0.5) is 0 Å². The molecule has 0 aliphatic carbocycles. The zero-order chi connectivity index (χ0) is 23.9. The van der Waals surface area contributed by atoms with E-state index >= 15 is 0 Å². The second kappa shape index (κ2) is 10.7. The highest BCUT2D eigenvalue weighted by Gasteiger charge is 2.17. The molecule has 170 valence electrons. The summed E-state index contributed by atoms with van der Waals surface area (Å²) in [5.41, 5.74) is 4.91. The number of amides is 1.